The molecule has 1 amide bonds. The van der Waals surface area contributed by atoms with Crippen molar-refractivity contribution in [1.82, 2.24) is 14.9 Å². The van der Waals surface area contributed by atoms with Gasteiger partial charge in [0.25, 0.3) is 5.91 Å². The van der Waals surface area contributed by atoms with E-state index in [-0.39, 0.29) is 11.7 Å². The van der Waals surface area contributed by atoms with Crippen LogP contribution >= 0.6 is 0 Å². The third-order valence-corrected chi connectivity index (χ3v) is 6.68. The molecule has 2 fully saturated rings. The van der Waals surface area contributed by atoms with Gasteiger partial charge in [0.15, 0.2) is 5.82 Å². The SMILES string of the molecule is O=C(c1cnc(-c2ccc(F)cc2)nc1N1CCC(Cc2ccccc2)CC1)N1CCOCC1. The van der Waals surface area contributed by atoms with Crippen molar-refractivity contribution in [1.29, 1.82) is 0 Å². The number of rotatable bonds is 5. The van der Waals surface area contributed by atoms with Crippen LogP contribution in [0.25, 0.3) is 11.4 Å². The number of morpholine rings is 1. The van der Waals surface area contributed by atoms with Gasteiger partial charge >= 0.3 is 0 Å². The number of aromatic nitrogens is 2. The number of carbonyl (C=O) groups is 1. The molecule has 0 unspecified atom stereocenters. The molecule has 6 nitrogen and oxygen atoms in total. The maximum Gasteiger partial charge on any atom is 0.259 e. The molecule has 3 heterocycles. The summed E-state index contributed by atoms with van der Waals surface area (Å²) < 4.78 is 18.8. The van der Waals surface area contributed by atoms with Gasteiger partial charge in [-0.3, -0.25) is 4.79 Å². The van der Waals surface area contributed by atoms with Crippen molar-refractivity contribution in [3.05, 3.63) is 77.7 Å². The fourth-order valence-corrected chi connectivity index (χ4v) is 4.74. The van der Waals surface area contributed by atoms with Crippen molar-refractivity contribution in [3.63, 3.8) is 0 Å². The normalized spacial score (nSPS) is 17.1. The van der Waals surface area contributed by atoms with Gasteiger partial charge in [-0.25, -0.2) is 14.4 Å². The Labute approximate surface area is 199 Å². The van der Waals surface area contributed by atoms with E-state index >= 15 is 0 Å². The van der Waals surface area contributed by atoms with Crippen LogP contribution in [-0.4, -0.2) is 60.2 Å². The number of halogens is 1. The van der Waals surface area contributed by atoms with Crippen molar-refractivity contribution in [3.8, 4) is 11.4 Å². The lowest BCUT2D eigenvalue weighted by Crippen LogP contribution is -2.42. The first kappa shape index (κ1) is 22.5. The molecule has 34 heavy (non-hydrogen) atoms. The van der Waals surface area contributed by atoms with Gasteiger partial charge in [0.05, 0.1) is 13.2 Å². The molecular weight excluding hydrogens is 431 g/mol. The molecule has 3 aromatic rings. The second-order valence-corrected chi connectivity index (χ2v) is 8.96. The number of benzene rings is 2. The Morgan fingerprint density at radius 2 is 1.68 bits per heavy atom. The summed E-state index contributed by atoms with van der Waals surface area (Å²) >= 11 is 0. The Kier molecular flexibility index (Phi) is 6.81. The number of piperidine rings is 1. The average molecular weight is 461 g/mol. The summed E-state index contributed by atoms with van der Waals surface area (Å²) in [6, 6.07) is 16.7. The summed E-state index contributed by atoms with van der Waals surface area (Å²) in [5.41, 5.74) is 2.62. The summed E-state index contributed by atoms with van der Waals surface area (Å²) in [6.45, 7) is 3.89. The van der Waals surface area contributed by atoms with Crippen molar-refractivity contribution >= 4 is 11.7 Å². The van der Waals surface area contributed by atoms with E-state index in [4.69, 9.17) is 9.72 Å². The number of hydrogen-bond donors (Lipinski definition) is 0. The fourth-order valence-electron chi connectivity index (χ4n) is 4.74. The maximum absolute atomic E-state index is 13.4. The highest BCUT2D eigenvalue weighted by Gasteiger charge is 2.28. The van der Waals surface area contributed by atoms with Gasteiger partial charge < -0.3 is 14.5 Å². The Balaban J connectivity index is 1.39. The Bertz CT molecular complexity index is 1110. The second kappa shape index (κ2) is 10.3. The largest absolute Gasteiger partial charge is 0.378 e. The molecule has 0 saturated carbocycles. The molecule has 1 aromatic heterocycles. The summed E-state index contributed by atoms with van der Waals surface area (Å²) in [5.74, 6) is 1.42. The van der Waals surface area contributed by atoms with Crippen LogP contribution in [0.4, 0.5) is 10.2 Å². The average Bonchev–Trinajstić information content (AvgIpc) is 2.90. The third kappa shape index (κ3) is 5.09. The molecule has 0 aliphatic carbocycles. The minimum absolute atomic E-state index is 0.0598. The monoisotopic (exact) mass is 460 g/mol. The molecule has 2 saturated heterocycles. The number of anilines is 1. The highest BCUT2D eigenvalue weighted by atomic mass is 19.1. The van der Waals surface area contributed by atoms with Gasteiger partial charge in [0, 0.05) is 37.9 Å². The number of nitrogens with zero attached hydrogens (tertiary/aromatic N) is 4. The lowest BCUT2D eigenvalue weighted by atomic mass is 9.90. The van der Waals surface area contributed by atoms with Crippen LogP contribution in [0.15, 0.2) is 60.8 Å². The fraction of sp³-hybridized carbons (Fsp3) is 0.370. The molecule has 5 rings (SSSR count). The summed E-state index contributed by atoms with van der Waals surface area (Å²) in [4.78, 5) is 26.7. The highest BCUT2D eigenvalue weighted by molar-refractivity contribution is 5.99. The summed E-state index contributed by atoms with van der Waals surface area (Å²) in [6.07, 6.45) is 4.78. The predicted molar refractivity (Wildman–Crippen MR) is 129 cm³/mol. The zero-order valence-corrected chi connectivity index (χ0v) is 19.2. The van der Waals surface area contributed by atoms with E-state index in [2.05, 4.69) is 34.1 Å². The lowest BCUT2D eigenvalue weighted by molar-refractivity contribution is 0.0302. The zero-order valence-electron chi connectivity index (χ0n) is 19.2. The van der Waals surface area contributed by atoms with Crippen LogP contribution in [0.1, 0.15) is 28.8 Å². The lowest BCUT2D eigenvalue weighted by Gasteiger charge is -2.35. The number of hydrogen-bond acceptors (Lipinski definition) is 5. The predicted octanol–water partition coefficient (Wildman–Crippen LogP) is 4.21. The molecule has 176 valence electrons. The molecular formula is C27H29FN4O2. The van der Waals surface area contributed by atoms with Crippen molar-refractivity contribution in [2.45, 2.75) is 19.3 Å². The highest BCUT2D eigenvalue weighted by Crippen LogP contribution is 2.29. The van der Waals surface area contributed by atoms with E-state index in [0.717, 1.165) is 37.9 Å². The minimum atomic E-state index is -0.302. The Hall–Kier alpha value is -3.32. The van der Waals surface area contributed by atoms with E-state index in [1.165, 1.54) is 17.7 Å². The molecule has 0 radical (unpaired) electrons. The van der Waals surface area contributed by atoms with Crippen LogP contribution in [0.2, 0.25) is 0 Å². The summed E-state index contributed by atoms with van der Waals surface area (Å²) in [5, 5.41) is 0. The molecule has 7 heteroatoms. The van der Waals surface area contributed by atoms with Crippen LogP contribution in [-0.2, 0) is 11.2 Å². The van der Waals surface area contributed by atoms with Crippen LogP contribution in [0.3, 0.4) is 0 Å². The quantitative estimate of drug-likeness (QED) is 0.571. The first-order valence-corrected chi connectivity index (χ1v) is 12.0. The number of amides is 1. The van der Waals surface area contributed by atoms with Crippen LogP contribution < -0.4 is 4.90 Å². The van der Waals surface area contributed by atoms with E-state index < -0.39 is 0 Å². The first-order valence-electron chi connectivity index (χ1n) is 12.0. The van der Waals surface area contributed by atoms with E-state index in [1.807, 2.05) is 11.0 Å². The molecule has 2 aliphatic heterocycles. The van der Waals surface area contributed by atoms with Gasteiger partial charge in [-0.15, -0.1) is 0 Å². The van der Waals surface area contributed by atoms with Crippen LogP contribution in [0, 0.1) is 11.7 Å². The molecule has 0 atom stereocenters. The van der Waals surface area contributed by atoms with Gasteiger partial charge in [-0.2, -0.15) is 0 Å². The first-order chi connectivity index (χ1) is 16.7. The Morgan fingerprint density at radius 1 is 0.971 bits per heavy atom. The van der Waals surface area contributed by atoms with Gasteiger partial charge in [-0.1, -0.05) is 30.3 Å². The standard InChI is InChI=1S/C27H29FN4O2/c28-23-8-6-22(7-9-23)25-29-19-24(27(33)32-14-16-34-17-15-32)26(30-25)31-12-10-21(11-13-31)18-20-4-2-1-3-5-20/h1-9,19,21H,10-18H2. The van der Waals surface area contributed by atoms with E-state index in [1.54, 1.807) is 18.3 Å². The topological polar surface area (TPSA) is 58.6 Å². The maximum atomic E-state index is 13.4. The smallest absolute Gasteiger partial charge is 0.259 e. The van der Waals surface area contributed by atoms with Gasteiger partial charge in [0.1, 0.15) is 17.2 Å². The second-order valence-electron chi connectivity index (χ2n) is 8.96. The Morgan fingerprint density at radius 3 is 2.38 bits per heavy atom. The van der Waals surface area contributed by atoms with E-state index in [0.29, 0.717) is 49.4 Å². The van der Waals surface area contributed by atoms with E-state index in [9.17, 15) is 9.18 Å². The van der Waals surface area contributed by atoms with Crippen molar-refractivity contribution in [2.75, 3.05) is 44.3 Å². The molecule has 0 N–H and O–H groups in total. The van der Waals surface area contributed by atoms with Crippen molar-refractivity contribution in [2.24, 2.45) is 5.92 Å². The minimum Gasteiger partial charge on any atom is -0.378 e. The van der Waals surface area contributed by atoms with Gasteiger partial charge in [-0.05, 0) is 55.0 Å². The molecule has 0 bridgehead atoms. The van der Waals surface area contributed by atoms with Crippen molar-refractivity contribution < 1.29 is 13.9 Å². The number of ether oxygens (including phenoxy) is 1. The third-order valence-electron chi connectivity index (χ3n) is 6.68. The molecule has 2 aromatic carbocycles. The zero-order chi connectivity index (χ0) is 23.3. The molecule has 0 spiro atoms. The summed E-state index contributed by atoms with van der Waals surface area (Å²) in [7, 11) is 0. The van der Waals surface area contributed by atoms with Crippen LogP contribution in [0.5, 0.6) is 0 Å². The molecule has 2 aliphatic rings. The number of carbonyl (C=O) groups excluding carboxylic acids is 1. The van der Waals surface area contributed by atoms with Gasteiger partial charge in [0.2, 0.25) is 0 Å².